The molecule has 3 heterocycles. The van der Waals surface area contributed by atoms with Crippen molar-refractivity contribution >= 4 is 28.8 Å². The van der Waals surface area contributed by atoms with Gasteiger partial charge < -0.3 is 24.4 Å². The van der Waals surface area contributed by atoms with Gasteiger partial charge in [0.2, 0.25) is 11.8 Å². The van der Waals surface area contributed by atoms with E-state index < -0.39 is 41.2 Å². The normalized spacial score (nSPS) is 28.4. The first-order valence-corrected chi connectivity index (χ1v) is 17.7. The molecule has 2 bridgehead atoms. The van der Waals surface area contributed by atoms with Crippen molar-refractivity contribution in [3.63, 3.8) is 0 Å². The van der Waals surface area contributed by atoms with Crippen LogP contribution in [0.4, 0.5) is 4.79 Å². The van der Waals surface area contributed by atoms with E-state index in [1.165, 1.54) is 6.92 Å². The number of hydrogen-bond acceptors (Lipinski definition) is 8. The number of carbonyl (C=O) groups excluding carboxylic acids is 3. The second-order valence-corrected chi connectivity index (χ2v) is 15.3. The number of benzene rings is 2. The number of rotatable bonds is 3. The van der Waals surface area contributed by atoms with Gasteiger partial charge in [0.25, 0.3) is 0 Å². The van der Waals surface area contributed by atoms with Gasteiger partial charge in [-0.15, -0.1) is 0 Å². The van der Waals surface area contributed by atoms with Gasteiger partial charge in [-0.3, -0.25) is 9.59 Å². The van der Waals surface area contributed by atoms with Crippen molar-refractivity contribution in [2.45, 2.75) is 116 Å². The number of Topliss-reactive ketones (excluding diaryl/α,β-unsaturated/α-hetero) is 1. The lowest BCUT2D eigenvalue weighted by atomic mass is 9.84. The minimum atomic E-state index is -0.942. The maximum absolute atomic E-state index is 14.7. The summed E-state index contributed by atoms with van der Waals surface area (Å²) in [5.74, 6) is 0.318. The molecule has 49 heavy (non-hydrogen) atoms. The van der Waals surface area contributed by atoms with E-state index in [1.807, 2.05) is 76.2 Å². The molecule has 1 aliphatic carbocycles. The van der Waals surface area contributed by atoms with E-state index >= 15 is 0 Å². The van der Waals surface area contributed by atoms with Gasteiger partial charge in [-0.1, -0.05) is 63.9 Å². The number of carbonyl (C=O) groups is 3. The first kappa shape index (κ1) is 34.6. The lowest BCUT2D eigenvalue weighted by Crippen LogP contribution is -2.57. The van der Waals surface area contributed by atoms with Crippen LogP contribution < -0.4 is 14.8 Å². The summed E-state index contributed by atoms with van der Waals surface area (Å²) in [6, 6.07) is 13.6. The van der Waals surface area contributed by atoms with Gasteiger partial charge in [0.15, 0.2) is 5.78 Å². The Hall–Kier alpha value is -4.21. The topological polar surface area (TPSA) is 120 Å². The van der Waals surface area contributed by atoms with Crippen LogP contribution in [-0.2, 0) is 20.7 Å². The molecule has 10 heteroatoms. The van der Waals surface area contributed by atoms with Crippen LogP contribution in [0.25, 0.3) is 11.0 Å². The highest BCUT2D eigenvalue weighted by Gasteiger charge is 2.52. The molecule has 1 saturated carbocycles. The number of nitrogens with one attached hydrogen (secondary N) is 1. The van der Waals surface area contributed by atoms with Gasteiger partial charge in [0.05, 0.1) is 30.6 Å². The first-order valence-electron chi connectivity index (χ1n) is 17.7. The number of ketones is 1. The lowest BCUT2D eigenvalue weighted by molar-refractivity contribution is -0.141. The van der Waals surface area contributed by atoms with E-state index in [2.05, 4.69) is 5.32 Å². The van der Waals surface area contributed by atoms with Crippen molar-refractivity contribution in [3.8, 4) is 11.6 Å². The van der Waals surface area contributed by atoms with Crippen molar-refractivity contribution in [1.82, 2.24) is 20.2 Å². The van der Waals surface area contributed by atoms with E-state index in [9.17, 15) is 14.4 Å². The second kappa shape index (κ2) is 14.0. The predicted molar refractivity (Wildman–Crippen MR) is 187 cm³/mol. The van der Waals surface area contributed by atoms with Crippen LogP contribution in [0.15, 0.2) is 48.5 Å². The third-order valence-electron chi connectivity index (χ3n) is 10.8. The van der Waals surface area contributed by atoms with Crippen LogP contribution in [0.2, 0.25) is 0 Å². The number of aromatic nitrogens is 2. The third kappa shape index (κ3) is 7.24. The second-order valence-electron chi connectivity index (χ2n) is 15.3. The average molecular weight is 671 g/mol. The molecule has 2 fully saturated rings. The van der Waals surface area contributed by atoms with Crippen molar-refractivity contribution in [2.24, 2.45) is 11.3 Å². The number of fused-ring (bicyclic) bond motifs is 5. The van der Waals surface area contributed by atoms with Gasteiger partial charge in [-0.25, -0.2) is 14.8 Å². The number of ether oxygens (including phenoxy) is 3. The number of aryl methyl sites for hydroxylation is 1. The lowest BCUT2D eigenvalue weighted by Gasteiger charge is -2.37. The minimum absolute atomic E-state index is 0.128. The zero-order valence-electron chi connectivity index (χ0n) is 29.7. The predicted octanol–water partition coefficient (Wildman–Crippen LogP) is 6.79. The molecule has 2 aliphatic heterocycles. The summed E-state index contributed by atoms with van der Waals surface area (Å²) in [5.41, 5.74) is 1.74. The minimum Gasteiger partial charge on any atom is -0.497 e. The highest BCUT2D eigenvalue weighted by atomic mass is 16.6. The number of nitrogens with zero attached hydrogens (tertiary/aromatic N) is 3. The number of methoxy groups -OCH3 is 1. The van der Waals surface area contributed by atoms with Crippen LogP contribution in [-0.4, -0.2) is 70.1 Å². The summed E-state index contributed by atoms with van der Waals surface area (Å²) in [6.45, 7) is 9.41. The fraction of sp³-hybridized carbons (Fsp3) is 0.564. The van der Waals surface area contributed by atoms with Gasteiger partial charge in [0, 0.05) is 6.07 Å². The Balaban J connectivity index is 1.46. The molecule has 6 atom stereocenters. The maximum atomic E-state index is 14.7. The van der Waals surface area contributed by atoms with Crippen LogP contribution in [0.1, 0.15) is 96.7 Å². The molecule has 6 rings (SSSR count). The Morgan fingerprint density at radius 1 is 1.00 bits per heavy atom. The molecule has 3 aromatic rings. The summed E-state index contributed by atoms with van der Waals surface area (Å²) in [5, 5.41) is 2.95. The van der Waals surface area contributed by atoms with Gasteiger partial charge >= 0.3 is 6.09 Å². The third-order valence-corrected chi connectivity index (χ3v) is 10.8. The fourth-order valence-electron chi connectivity index (χ4n) is 8.11. The van der Waals surface area contributed by atoms with E-state index in [1.54, 1.807) is 12.0 Å². The Morgan fingerprint density at radius 2 is 1.76 bits per heavy atom. The van der Waals surface area contributed by atoms with Crippen molar-refractivity contribution in [3.05, 3.63) is 59.8 Å². The highest BCUT2D eigenvalue weighted by molar-refractivity contribution is 5.93. The summed E-state index contributed by atoms with van der Waals surface area (Å²) in [6.07, 6.45) is 6.06. The quantitative estimate of drug-likeness (QED) is 0.324. The van der Waals surface area contributed by atoms with Crippen LogP contribution >= 0.6 is 0 Å². The summed E-state index contributed by atoms with van der Waals surface area (Å²) >= 11 is 0. The van der Waals surface area contributed by atoms with E-state index in [-0.39, 0.29) is 24.2 Å². The molecule has 0 unspecified atom stereocenters. The van der Waals surface area contributed by atoms with Gasteiger partial charge in [0.1, 0.15) is 35.2 Å². The Bertz CT molecular complexity index is 1690. The van der Waals surface area contributed by atoms with Crippen molar-refractivity contribution < 1.29 is 28.6 Å². The zero-order valence-corrected chi connectivity index (χ0v) is 29.7. The summed E-state index contributed by atoms with van der Waals surface area (Å²) in [7, 11) is 1.61. The van der Waals surface area contributed by atoms with Crippen molar-refractivity contribution in [1.29, 1.82) is 0 Å². The SMILES string of the molecule is COc1ccc2nc3c(nc2c1)O[C@H]1CN(C(=O)[C@H](C(C)(C)C)NC(=O)O[C@]2(C)CCC[C@H]2CCCCC3)[C@H](C(C)=O)[C@@H]1c1ccccc1. The molecule has 1 saturated heterocycles. The fourth-order valence-corrected chi connectivity index (χ4v) is 8.11. The molecule has 1 aromatic heterocycles. The molecule has 10 nitrogen and oxygen atoms in total. The van der Waals surface area contributed by atoms with Crippen LogP contribution in [0.5, 0.6) is 11.6 Å². The molecular formula is C39H50N4O6. The van der Waals surface area contributed by atoms with Gasteiger partial charge in [-0.05, 0) is 81.4 Å². The monoisotopic (exact) mass is 670 g/mol. The molecule has 1 N–H and O–H groups in total. The first-order chi connectivity index (χ1) is 23.4. The molecule has 2 aromatic carbocycles. The average Bonchev–Trinajstić information content (AvgIpc) is 3.62. The maximum Gasteiger partial charge on any atom is 0.408 e. The molecule has 262 valence electrons. The van der Waals surface area contributed by atoms with Crippen LogP contribution in [0, 0.1) is 11.3 Å². The number of hydrogen-bond donors (Lipinski definition) is 1. The summed E-state index contributed by atoms with van der Waals surface area (Å²) < 4.78 is 18.5. The Kier molecular flexibility index (Phi) is 9.87. The highest BCUT2D eigenvalue weighted by Crippen LogP contribution is 2.43. The smallest absolute Gasteiger partial charge is 0.408 e. The summed E-state index contributed by atoms with van der Waals surface area (Å²) in [4.78, 5) is 53.5. The Morgan fingerprint density at radius 3 is 2.47 bits per heavy atom. The van der Waals surface area contributed by atoms with Crippen LogP contribution in [0.3, 0.4) is 0 Å². The largest absolute Gasteiger partial charge is 0.497 e. The molecule has 0 radical (unpaired) electrons. The zero-order chi connectivity index (χ0) is 34.9. The van der Waals surface area contributed by atoms with E-state index in [0.29, 0.717) is 23.6 Å². The molecular weight excluding hydrogens is 620 g/mol. The van der Waals surface area contributed by atoms with E-state index in [0.717, 1.165) is 61.7 Å². The number of amides is 2. The number of alkyl carbamates (subject to hydrolysis) is 1. The molecule has 2 amide bonds. The van der Waals surface area contributed by atoms with E-state index in [4.69, 9.17) is 24.2 Å². The Labute approximate surface area is 289 Å². The standard InChI is InChI=1S/C39H50N4O6/c1-24(44)33-32(25-14-9-7-10-15-25)31-23-43(33)36(45)34(38(2,3)4)42-37(46)49-39(5)21-13-17-26(39)16-11-8-12-18-29-35(48-31)41-30-22-27(47-6)19-20-28(30)40-29/h7,9-10,14-15,19-20,22,26,31-34H,8,11-13,16-18,21,23H2,1-6H3,(H,42,46)/t26-,31+,32-,33-,34-,39-/m1/s1. The van der Waals surface area contributed by atoms with Crippen molar-refractivity contribution in [2.75, 3.05) is 13.7 Å². The molecule has 3 aliphatic rings. The molecule has 0 spiro atoms. The van der Waals surface area contributed by atoms with Gasteiger partial charge in [-0.2, -0.15) is 0 Å².